The van der Waals surface area contributed by atoms with Crippen molar-refractivity contribution in [1.82, 2.24) is 14.9 Å². The first kappa shape index (κ1) is 20.2. The number of anilines is 1. The topological polar surface area (TPSA) is 91.1 Å². The van der Waals surface area contributed by atoms with Gasteiger partial charge in [0.15, 0.2) is 11.5 Å². The summed E-state index contributed by atoms with van der Waals surface area (Å²) in [6.07, 6.45) is 3.22. The third kappa shape index (κ3) is 6.26. The van der Waals surface area contributed by atoms with Crippen LogP contribution in [0.3, 0.4) is 0 Å². The van der Waals surface area contributed by atoms with Crippen LogP contribution in [0.1, 0.15) is 32.0 Å². The van der Waals surface area contributed by atoms with Gasteiger partial charge in [-0.3, -0.25) is 0 Å². The lowest BCUT2D eigenvalue weighted by Gasteiger charge is -2.31. The van der Waals surface area contributed by atoms with E-state index in [0.29, 0.717) is 18.8 Å². The van der Waals surface area contributed by atoms with Crippen LogP contribution in [0.2, 0.25) is 0 Å². The van der Waals surface area contributed by atoms with E-state index in [9.17, 15) is 4.79 Å². The summed E-state index contributed by atoms with van der Waals surface area (Å²) < 4.78 is 5.49. The van der Waals surface area contributed by atoms with E-state index >= 15 is 0 Å². The maximum Gasteiger partial charge on any atom is 0.410 e. The Morgan fingerprint density at radius 3 is 2.56 bits per heavy atom. The number of hydrogen-bond acceptors (Lipinski definition) is 6. The second-order valence-electron chi connectivity index (χ2n) is 7.18. The molecule has 0 radical (unpaired) electrons. The third-order valence-electron chi connectivity index (χ3n) is 3.85. The van der Waals surface area contributed by atoms with E-state index < -0.39 is 11.7 Å². The van der Waals surface area contributed by atoms with Crippen LogP contribution in [0.15, 0.2) is 42.7 Å². The van der Waals surface area contributed by atoms with Crippen LogP contribution in [-0.2, 0) is 11.2 Å². The smallest absolute Gasteiger partial charge is 0.410 e. The molecular formula is C20H25N5O2. The number of carbonyl (C=O) groups excluding carboxylic acids is 1. The summed E-state index contributed by atoms with van der Waals surface area (Å²) in [6, 6.07) is 11.7. The molecule has 1 aromatic carbocycles. The van der Waals surface area contributed by atoms with Crippen LogP contribution >= 0.6 is 0 Å². The molecule has 1 aromatic heterocycles. The van der Waals surface area contributed by atoms with Gasteiger partial charge in [0.05, 0.1) is 6.04 Å². The molecule has 0 saturated carbocycles. The molecule has 0 aliphatic rings. The van der Waals surface area contributed by atoms with Gasteiger partial charge in [0.2, 0.25) is 0 Å². The van der Waals surface area contributed by atoms with Crippen LogP contribution in [0.5, 0.6) is 0 Å². The molecule has 0 fully saturated rings. The van der Waals surface area contributed by atoms with Crippen molar-refractivity contribution in [3.63, 3.8) is 0 Å². The van der Waals surface area contributed by atoms with Crippen molar-refractivity contribution in [2.45, 2.75) is 38.8 Å². The summed E-state index contributed by atoms with van der Waals surface area (Å²) in [5.74, 6) is 0.399. The number of hydrogen-bond donors (Lipinski definition) is 1. The summed E-state index contributed by atoms with van der Waals surface area (Å²) in [5, 5.41) is 12.3. The number of benzene rings is 1. The number of nitrogens with one attached hydrogen (secondary N) is 1. The van der Waals surface area contributed by atoms with Crippen molar-refractivity contribution in [2.24, 2.45) is 0 Å². The molecule has 0 aliphatic carbocycles. The second-order valence-corrected chi connectivity index (χ2v) is 7.18. The molecule has 142 valence electrons. The summed E-state index contributed by atoms with van der Waals surface area (Å²) >= 11 is 0. The van der Waals surface area contributed by atoms with Crippen molar-refractivity contribution >= 4 is 11.9 Å². The van der Waals surface area contributed by atoms with Gasteiger partial charge in [-0.25, -0.2) is 14.8 Å². The highest BCUT2D eigenvalue weighted by Crippen LogP contribution is 2.15. The Labute approximate surface area is 160 Å². The zero-order valence-corrected chi connectivity index (χ0v) is 16.1. The fourth-order valence-corrected chi connectivity index (χ4v) is 2.48. The van der Waals surface area contributed by atoms with Gasteiger partial charge in [0, 0.05) is 26.0 Å². The molecule has 0 spiro atoms. The van der Waals surface area contributed by atoms with Gasteiger partial charge < -0.3 is 15.0 Å². The molecule has 1 amide bonds. The van der Waals surface area contributed by atoms with Gasteiger partial charge in [-0.1, -0.05) is 30.3 Å². The van der Waals surface area contributed by atoms with Gasteiger partial charge >= 0.3 is 6.09 Å². The van der Waals surface area contributed by atoms with Gasteiger partial charge in [-0.2, -0.15) is 5.26 Å². The Bertz CT molecular complexity index is 796. The van der Waals surface area contributed by atoms with E-state index in [1.54, 1.807) is 11.9 Å². The summed E-state index contributed by atoms with van der Waals surface area (Å²) in [6.45, 7) is 5.91. The number of rotatable bonds is 6. The van der Waals surface area contributed by atoms with Crippen molar-refractivity contribution in [3.8, 4) is 6.07 Å². The lowest BCUT2D eigenvalue weighted by atomic mass is 10.0. The predicted octanol–water partition coefficient (Wildman–Crippen LogP) is 3.24. The Morgan fingerprint density at radius 2 is 1.93 bits per heavy atom. The van der Waals surface area contributed by atoms with Gasteiger partial charge in [-0.15, -0.1) is 0 Å². The Balaban J connectivity index is 2.16. The molecule has 2 rings (SSSR count). The first-order valence-corrected chi connectivity index (χ1v) is 8.75. The monoisotopic (exact) mass is 367 g/mol. The van der Waals surface area contributed by atoms with Crippen LogP contribution < -0.4 is 5.32 Å². The summed E-state index contributed by atoms with van der Waals surface area (Å²) in [4.78, 5) is 22.3. The van der Waals surface area contributed by atoms with E-state index in [1.807, 2.05) is 57.2 Å². The number of likely N-dealkylation sites (N-methyl/N-ethyl adjacent to an activating group) is 1. The molecule has 0 saturated heterocycles. The fourth-order valence-electron chi connectivity index (χ4n) is 2.48. The molecule has 27 heavy (non-hydrogen) atoms. The molecule has 0 aliphatic heterocycles. The molecule has 1 heterocycles. The molecule has 7 nitrogen and oxygen atoms in total. The summed E-state index contributed by atoms with van der Waals surface area (Å²) in [7, 11) is 1.71. The highest BCUT2D eigenvalue weighted by atomic mass is 16.6. The first-order chi connectivity index (χ1) is 12.8. The molecule has 1 atom stereocenters. The lowest BCUT2D eigenvalue weighted by molar-refractivity contribution is 0.0231. The van der Waals surface area contributed by atoms with Crippen molar-refractivity contribution in [2.75, 3.05) is 18.9 Å². The normalized spacial score (nSPS) is 12.0. The Morgan fingerprint density at radius 1 is 1.26 bits per heavy atom. The molecule has 2 aromatic rings. The molecule has 7 heteroatoms. The molecule has 1 unspecified atom stereocenters. The van der Waals surface area contributed by atoms with Crippen LogP contribution in [0.25, 0.3) is 0 Å². The highest BCUT2D eigenvalue weighted by Gasteiger charge is 2.26. The number of ether oxygens (including phenoxy) is 1. The Hall–Kier alpha value is -3.14. The van der Waals surface area contributed by atoms with E-state index in [-0.39, 0.29) is 11.7 Å². The third-order valence-corrected chi connectivity index (χ3v) is 3.85. The first-order valence-electron chi connectivity index (χ1n) is 8.75. The largest absolute Gasteiger partial charge is 0.444 e. The second kappa shape index (κ2) is 8.99. The number of nitriles is 1. The highest BCUT2D eigenvalue weighted by molar-refractivity contribution is 5.68. The Kier molecular flexibility index (Phi) is 6.72. The summed E-state index contributed by atoms with van der Waals surface area (Å²) in [5.41, 5.74) is 0.741. The quantitative estimate of drug-likeness (QED) is 0.843. The minimum atomic E-state index is -0.574. The SMILES string of the molecule is CN(C(=O)OC(C)(C)C)C(CNc1nccnc1C#N)Cc1ccccc1. The van der Waals surface area contributed by atoms with Crippen LogP contribution in [-0.4, -0.2) is 46.2 Å². The van der Waals surface area contributed by atoms with Gasteiger partial charge in [0.25, 0.3) is 0 Å². The zero-order chi connectivity index (χ0) is 19.9. The number of nitrogens with zero attached hydrogens (tertiary/aromatic N) is 4. The van der Waals surface area contributed by atoms with Crippen LogP contribution in [0.4, 0.5) is 10.6 Å². The standard InChI is InChI=1S/C20H25N5O2/c1-20(2,3)27-19(26)25(4)16(12-15-8-6-5-7-9-15)14-24-18-17(13-21)22-10-11-23-18/h5-11,16H,12,14H2,1-4H3,(H,23,24). The van der Waals surface area contributed by atoms with Crippen molar-refractivity contribution in [3.05, 3.63) is 54.0 Å². The average Bonchev–Trinajstić information content (AvgIpc) is 2.64. The molecule has 0 bridgehead atoms. The number of aromatic nitrogens is 2. The van der Waals surface area contributed by atoms with E-state index in [0.717, 1.165) is 5.56 Å². The molecular weight excluding hydrogens is 342 g/mol. The lowest BCUT2D eigenvalue weighted by Crippen LogP contribution is -2.45. The van der Waals surface area contributed by atoms with Gasteiger partial charge in [-0.05, 0) is 32.8 Å². The zero-order valence-electron chi connectivity index (χ0n) is 16.1. The number of amides is 1. The molecule has 1 N–H and O–H groups in total. The van der Waals surface area contributed by atoms with E-state index in [1.165, 1.54) is 12.4 Å². The van der Waals surface area contributed by atoms with Crippen molar-refractivity contribution < 1.29 is 9.53 Å². The van der Waals surface area contributed by atoms with E-state index in [4.69, 9.17) is 10.00 Å². The fraction of sp³-hybridized carbons (Fsp3) is 0.400. The van der Waals surface area contributed by atoms with Crippen LogP contribution in [0, 0.1) is 11.3 Å². The predicted molar refractivity (Wildman–Crippen MR) is 103 cm³/mol. The van der Waals surface area contributed by atoms with Gasteiger partial charge in [0.1, 0.15) is 11.7 Å². The number of carbonyl (C=O) groups is 1. The van der Waals surface area contributed by atoms with Crippen molar-refractivity contribution in [1.29, 1.82) is 5.26 Å². The van der Waals surface area contributed by atoms with E-state index in [2.05, 4.69) is 15.3 Å². The minimum Gasteiger partial charge on any atom is -0.444 e. The maximum absolute atomic E-state index is 12.5. The minimum absolute atomic E-state index is 0.198. The average molecular weight is 367 g/mol. The maximum atomic E-state index is 12.5.